The summed E-state index contributed by atoms with van der Waals surface area (Å²) in [6.45, 7) is 4.79. The molecule has 0 saturated heterocycles. The van der Waals surface area contributed by atoms with Gasteiger partial charge in [-0.2, -0.15) is 13.2 Å². The Bertz CT molecular complexity index is 597. The van der Waals surface area contributed by atoms with Crippen LogP contribution in [0.4, 0.5) is 13.2 Å². The molecule has 2 aliphatic carbocycles. The Morgan fingerprint density at radius 1 is 1.46 bits per heavy atom. The van der Waals surface area contributed by atoms with Crippen LogP contribution in [0, 0.1) is 17.3 Å². The summed E-state index contributed by atoms with van der Waals surface area (Å²) in [5.74, 6) is -0.618. The lowest BCUT2D eigenvalue weighted by atomic mass is 9.57. The lowest BCUT2D eigenvalue weighted by Gasteiger charge is -2.47. The lowest BCUT2D eigenvalue weighted by Crippen LogP contribution is -2.47. The monoisotopic (exact) mass is 375 g/mol. The minimum atomic E-state index is -4.86. The Kier molecular flexibility index (Phi) is 5.90. The van der Waals surface area contributed by atoms with E-state index in [0.29, 0.717) is 19.1 Å². The second-order valence-corrected chi connectivity index (χ2v) is 8.18. The van der Waals surface area contributed by atoms with Gasteiger partial charge in [0.15, 0.2) is 5.60 Å². The molecule has 0 aromatic rings. The van der Waals surface area contributed by atoms with Crippen molar-refractivity contribution in [3.05, 3.63) is 11.6 Å². The Labute approximate surface area is 152 Å². The molecule has 0 spiro atoms. The fraction of sp³-hybridized carbons (Fsp3) is 0.789. The molecular weight excluding hydrogens is 347 g/mol. The first kappa shape index (κ1) is 20.9. The van der Waals surface area contributed by atoms with E-state index in [1.165, 1.54) is 0 Å². The van der Waals surface area contributed by atoms with Crippen LogP contribution in [0.15, 0.2) is 11.6 Å². The molecule has 26 heavy (non-hydrogen) atoms. The standard InChI is InChI=1S/C19H28F3NO3/c1-12(11-23-16(25)10-18(3,26)19(20,21)22)13-6-4-7-14-15(24)8-5-9-17(13,14)2/h6,12,14,26H,4-5,7-11H2,1-3H3,(H,23,25)/t12?,14-,17+,18?/m0/s1. The third-order valence-electron chi connectivity index (χ3n) is 6.01. The maximum atomic E-state index is 12.7. The molecule has 0 aromatic heterocycles. The van der Waals surface area contributed by atoms with Crippen LogP contribution in [0.5, 0.6) is 0 Å². The van der Waals surface area contributed by atoms with Crippen molar-refractivity contribution >= 4 is 11.7 Å². The number of fused-ring (bicyclic) bond motifs is 1. The number of carbonyl (C=O) groups is 2. The van der Waals surface area contributed by atoms with E-state index < -0.39 is 24.1 Å². The third-order valence-corrected chi connectivity index (χ3v) is 6.01. The highest BCUT2D eigenvalue weighted by atomic mass is 19.4. The highest BCUT2D eigenvalue weighted by Crippen LogP contribution is 2.51. The van der Waals surface area contributed by atoms with Crippen molar-refractivity contribution in [2.75, 3.05) is 6.54 Å². The summed E-state index contributed by atoms with van der Waals surface area (Å²) in [7, 11) is 0. The predicted octanol–water partition coefficient (Wildman–Crippen LogP) is 3.54. The number of hydrogen-bond donors (Lipinski definition) is 2. The zero-order valence-corrected chi connectivity index (χ0v) is 15.6. The summed E-state index contributed by atoms with van der Waals surface area (Å²) in [6.07, 6.45) is 0.260. The predicted molar refractivity (Wildman–Crippen MR) is 91.2 cm³/mol. The number of hydrogen-bond acceptors (Lipinski definition) is 3. The minimum absolute atomic E-state index is 0.000337. The van der Waals surface area contributed by atoms with Gasteiger partial charge < -0.3 is 10.4 Å². The molecule has 4 atom stereocenters. The molecule has 1 saturated carbocycles. The summed E-state index contributed by atoms with van der Waals surface area (Å²) in [6, 6.07) is 0. The number of alkyl halides is 3. The normalized spacial score (nSPS) is 30.0. The van der Waals surface area contributed by atoms with Crippen LogP contribution in [-0.2, 0) is 9.59 Å². The SMILES string of the molecule is CC(CNC(=O)CC(C)(O)C(F)(F)F)C1=CCC[C@H]2C(=O)CCC[C@]12C. The topological polar surface area (TPSA) is 66.4 Å². The van der Waals surface area contributed by atoms with Crippen LogP contribution in [0.2, 0.25) is 0 Å². The van der Waals surface area contributed by atoms with Crippen molar-refractivity contribution in [3.63, 3.8) is 0 Å². The molecule has 4 nitrogen and oxygen atoms in total. The number of allylic oxidation sites excluding steroid dienone is 1. The molecule has 0 radical (unpaired) electrons. The molecule has 2 rings (SSSR count). The number of aliphatic hydroxyl groups is 1. The number of carbonyl (C=O) groups excluding carboxylic acids is 2. The number of halogens is 3. The second-order valence-electron chi connectivity index (χ2n) is 8.18. The molecule has 1 amide bonds. The smallest absolute Gasteiger partial charge is 0.380 e. The van der Waals surface area contributed by atoms with Gasteiger partial charge in [-0.1, -0.05) is 25.5 Å². The number of amides is 1. The van der Waals surface area contributed by atoms with Crippen molar-refractivity contribution < 1.29 is 27.9 Å². The molecular formula is C19H28F3NO3. The molecule has 0 aromatic carbocycles. The first-order valence-corrected chi connectivity index (χ1v) is 9.17. The zero-order valence-electron chi connectivity index (χ0n) is 15.6. The van der Waals surface area contributed by atoms with Gasteiger partial charge in [-0.05, 0) is 43.9 Å². The Morgan fingerprint density at radius 3 is 2.73 bits per heavy atom. The van der Waals surface area contributed by atoms with E-state index in [2.05, 4.69) is 18.3 Å². The third kappa shape index (κ3) is 4.13. The van der Waals surface area contributed by atoms with E-state index in [-0.39, 0.29) is 23.8 Å². The number of rotatable bonds is 5. The van der Waals surface area contributed by atoms with Gasteiger partial charge in [-0.15, -0.1) is 0 Å². The average Bonchev–Trinajstić information content (AvgIpc) is 2.50. The van der Waals surface area contributed by atoms with Crippen molar-refractivity contribution in [1.29, 1.82) is 0 Å². The van der Waals surface area contributed by atoms with Gasteiger partial charge in [0.05, 0.1) is 6.42 Å². The van der Waals surface area contributed by atoms with Crippen molar-refractivity contribution in [2.45, 2.75) is 71.1 Å². The van der Waals surface area contributed by atoms with Gasteiger partial charge in [0.25, 0.3) is 0 Å². The number of nitrogens with one attached hydrogen (secondary N) is 1. The molecule has 2 aliphatic rings. The molecule has 2 unspecified atom stereocenters. The van der Waals surface area contributed by atoms with Crippen LogP contribution in [0.25, 0.3) is 0 Å². The summed E-state index contributed by atoms with van der Waals surface area (Å²) in [5, 5.41) is 11.9. The van der Waals surface area contributed by atoms with Crippen LogP contribution >= 0.6 is 0 Å². The van der Waals surface area contributed by atoms with Crippen molar-refractivity contribution in [1.82, 2.24) is 5.32 Å². The summed E-state index contributed by atoms with van der Waals surface area (Å²) in [5.41, 5.74) is -2.16. The van der Waals surface area contributed by atoms with Crippen molar-refractivity contribution in [2.24, 2.45) is 17.3 Å². The number of ketones is 1. The van der Waals surface area contributed by atoms with Gasteiger partial charge in [0.2, 0.25) is 5.91 Å². The van der Waals surface area contributed by atoms with E-state index in [0.717, 1.165) is 31.3 Å². The molecule has 7 heteroatoms. The summed E-state index contributed by atoms with van der Waals surface area (Å²) < 4.78 is 38.1. The maximum absolute atomic E-state index is 12.7. The fourth-order valence-electron chi connectivity index (χ4n) is 4.41. The minimum Gasteiger partial charge on any atom is -0.380 e. The molecule has 2 N–H and O–H groups in total. The fourth-order valence-corrected chi connectivity index (χ4v) is 4.41. The highest BCUT2D eigenvalue weighted by Gasteiger charge is 2.51. The number of Topliss-reactive ketones (excluding diaryl/α,β-unsaturated/α-hetero) is 1. The Morgan fingerprint density at radius 2 is 2.12 bits per heavy atom. The van der Waals surface area contributed by atoms with E-state index in [4.69, 9.17) is 0 Å². The van der Waals surface area contributed by atoms with E-state index in [9.17, 15) is 27.9 Å². The van der Waals surface area contributed by atoms with Crippen molar-refractivity contribution in [3.8, 4) is 0 Å². The maximum Gasteiger partial charge on any atom is 0.417 e. The van der Waals surface area contributed by atoms with Gasteiger partial charge in [0.1, 0.15) is 5.78 Å². The first-order valence-electron chi connectivity index (χ1n) is 9.17. The van der Waals surface area contributed by atoms with Crippen LogP contribution < -0.4 is 5.32 Å². The van der Waals surface area contributed by atoms with Gasteiger partial charge in [-0.3, -0.25) is 9.59 Å². The average molecular weight is 375 g/mol. The zero-order chi connectivity index (χ0) is 19.8. The molecule has 0 heterocycles. The Balaban J connectivity index is 1.99. The van der Waals surface area contributed by atoms with Crippen LogP contribution in [0.3, 0.4) is 0 Å². The quantitative estimate of drug-likeness (QED) is 0.723. The van der Waals surface area contributed by atoms with E-state index in [1.807, 2.05) is 6.92 Å². The lowest BCUT2D eigenvalue weighted by molar-refractivity contribution is -0.253. The second kappa shape index (κ2) is 7.33. The van der Waals surface area contributed by atoms with Crippen LogP contribution in [-0.4, -0.2) is 35.1 Å². The van der Waals surface area contributed by atoms with Gasteiger partial charge in [0, 0.05) is 18.9 Å². The molecule has 148 valence electrons. The summed E-state index contributed by atoms with van der Waals surface area (Å²) >= 11 is 0. The Hall–Kier alpha value is -1.37. The van der Waals surface area contributed by atoms with Crippen LogP contribution in [0.1, 0.15) is 59.3 Å². The molecule has 1 fully saturated rings. The first-order chi connectivity index (χ1) is 11.9. The molecule has 0 aliphatic heterocycles. The summed E-state index contributed by atoms with van der Waals surface area (Å²) in [4.78, 5) is 24.1. The van der Waals surface area contributed by atoms with Gasteiger partial charge >= 0.3 is 6.18 Å². The molecule has 0 bridgehead atoms. The van der Waals surface area contributed by atoms with E-state index >= 15 is 0 Å². The largest absolute Gasteiger partial charge is 0.417 e. The van der Waals surface area contributed by atoms with E-state index in [1.54, 1.807) is 0 Å². The highest BCUT2D eigenvalue weighted by molar-refractivity contribution is 5.83. The van der Waals surface area contributed by atoms with Gasteiger partial charge in [-0.25, -0.2) is 0 Å².